The van der Waals surface area contributed by atoms with E-state index < -0.39 is 15.3 Å². The van der Waals surface area contributed by atoms with Gasteiger partial charge in [-0.3, -0.25) is 4.79 Å². The van der Waals surface area contributed by atoms with Gasteiger partial charge in [0.05, 0.1) is 0 Å². The summed E-state index contributed by atoms with van der Waals surface area (Å²) in [6.07, 6.45) is 8.60. The average Bonchev–Trinajstić information content (AvgIpc) is 2.82. The number of carbonyl (C=O) groups excluding carboxylic acids is 1. The number of carbonyl (C=O) groups is 1. The molecule has 0 radical (unpaired) electrons. The Kier molecular flexibility index (Phi) is 8.97. The first-order valence-electron chi connectivity index (χ1n) is 8.45. The lowest BCUT2D eigenvalue weighted by Crippen LogP contribution is -2.33. The molecule has 1 atom stereocenters. The molecule has 1 amide bonds. The third kappa shape index (κ3) is 7.56. The van der Waals surface area contributed by atoms with Crippen molar-refractivity contribution in [3.63, 3.8) is 0 Å². The first-order valence-corrected chi connectivity index (χ1v) is 10.1. The number of primary sulfonamides is 1. The maximum Gasteiger partial charge on any atom is 0.224 e. The molecule has 130 valence electrons. The Labute approximate surface area is 134 Å². The molecule has 1 aliphatic rings. The van der Waals surface area contributed by atoms with Gasteiger partial charge in [0.1, 0.15) is 5.25 Å². The molecule has 22 heavy (non-hydrogen) atoms. The zero-order valence-electron chi connectivity index (χ0n) is 13.7. The monoisotopic (exact) mass is 333 g/mol. The second-order valence-electron chi connectivity index (χ2n) is 6.13. The molecule has 1 aliphatic heterocycles. The van der Waals surface area contributed by atoms with Crippen molar-refractivity contribution in [2.24, 2.45) is 5.14 Å². The van der Waals surface area contributed by atoms with Crippen molar-refractivity contribution in [3.8, 4) is 0 Å². The lowest BCUT2D eigenvalue weighted by atomic mass is 10.1. The molecule has 0 aromatic carbocycles. The molecule has 0 aromatic rings. The van der Waals surface area contributed by atoms with Crippen molar-refractivity contribution >= 4 is 15.9 Å². The highest BCUT2D eigenvalue weighted by Gasteiger charge is 2.35. The van der Waals surface area contributed by atoms with Gasteiger partial charge in [-0.25, -0.2) is 13.6 Å². The van der Waals surface area contributed by atoms with Gasteiger partial charge in [0.25, 0.3) is 0 Å². The number of amides is 1. The van der Waals surface area contributed by atoms with E-state index in [-0.39, 0.29) is 18.9 Å². The minimum atomic E-state index is -3.60. The second-order valence-corrected chi connectivity index (χ2v) is 7.97. The Balaban J connectivity index is 2.00. The van der Waals surface area contributed by atoms with Crippen molar-refractivity contribution in [2.45, 2.75) is 63.5 Å². The highest BCUT2D eigenvalue weighted by molar-refractivity contribution is 7.89. The lowest BCUT2D eigenvalue weighted by Gasteiger charge is -2.16. The molecule has 1 rings (SSSR count). The van der Waals surface area contributed by atoms with Gasteiger partial charge in [-0.05, 0) is 25.9 Å². The van der Waals surface area contributed by atoms with Crippen LogP contribution in [-0.2, 0) is 14.8 Å². The van der Waals surface area contributed by atoms with Gasteiger partial charge in [0.2, 0.25) is 15.9 Å². The van der Waals surface area contributed by atoms with Gasteiger partial charge >= 0.3 is 0 Å². The van der Waals surface area contributed by atoms with Gasteiger partial charge in [-0.1, -0.05) is 39.0 Å². The topological polar surface area (TPSA) is 92.5 Å². The van der Waals surface area contributed by atoms with E-state index in [9.17, 15) is 13.2 Å². The maximum absolute atomic E-state index is 11.7. The number of sulfonamides is 1. The fraction of sp³-hybridized carbons (Fsp3) is 0.933. The Morgan fingerprint density at radius 2 is 1.77 bits per heavy atom. The molecule has 3 N–H and O–H groups in total. The fourth-order valence-corrected chi connectivity index (χ4v) is 3.48. The maximum atomic E-state index is 11.7. The van der Waals surface area contributed by atoms with Gasteiger partial charge in [0, 0.05) is 19.5 Å². The van der Waals surface area contributed by atoms with Crippen molar-refractivity contribution in [3.05, 3.63) is 0 Å². The third-order valence-corrected chi connectivity index (χ3v) is 5.38. The number of nitrogens with zero attached hydrogens (tertiary/aromatic N) is 1. The normalized spacial score (nSPS) is 19.1. The first kappa shape index (κ1) is 19.4. The van der Waals surface area contributed by atoms with Crippen LogP contribution in [-0.4, -0.2) is 50.7 Å². The molecule has 0 aromatic heterocycles. The molecular weight excluding hydrogens is 302 g/mol. The molecule has 6 nitrogen and oxygen atoms in total. The van der Waals surface area contributed by atoms with Gasteiger partial charge < -0.3 is 10.2 Å². The number of hydrogen-bond acceptors (Lipinski definition) is 4. The number of rotatable bonds is 12. The molecule has 7 heteroatoms. The van der Waals surface area contributed by atoms with E-state index in [4.69, 9.17) is 5.14 Å². The summed E-state index contributed by atoms with van der Waals surface area (Å²) in [5.74, 6) is -0.102. The van der Waals surface area contributed by atoms with Crippen molar-refractivity contribution in [1.29, 1.82) is 0 Å². The summed E-state index contributed by atoms with van der Waals surface area (Å²) < 4.78 is 22.5. The third-order valence-electron chi connectivity index (χ3n) is 4.13. The van der Waals surface area contributed by atoms with E-state index in [1.165, 1.54) is 38.5 Å². The minimum Gasteiger partial charge on any atom is -0.341 e. The standard InChI is InChI=1S/C15H31N3O3S/c1-2-3-4-5-6-7-9-17-10-8-11-18-13-14(12-15(18)19)22(16,20)21/h14,17H,2-13H2,1H3,(H2,16,20,21). The smallest absolute Gasteiger partial charge is 0.224 e. The summed E-state index contributed by atoms with van der Waals surface area (Å²) in [6.45, 7) is 4.94. The Morgan fingerprint density at radius 3 is 2.41 bits per heavy atom. The van der Waals surface area contributed by atoms with Crippen LogP contribution in [0.2, 0.25) is 0 Å². The predicted molar refractivity (Wildman–Crippen MR) is 89.0 cm³/mol. The number of hydrogen-bond donors (Lipinski definition) is 2. The summed E-state index contributed by atoms with van der Waals surface area (Å²) in [7, 11) is -3.60. The van der Waals surface area contributed by atoms with Crippen LogP contribution < -0.4 is 10.5 Å². The van der Waals surface area contributed by atoms with Crippen LogP contribution in [0.1, 0.15) is 58.3 Å². The number of nitrogens with two attached hydrogens (primary N) is 1. The van der Waals surface area contributed by atoms with Crippen LogP contribution in [0, 0.1) is 0 Å². The number of nitrogens with one attached hydrogen (secondary N) is 1. The quantitative estimate of drug-likeness (QED) is 0.525. The summed E-state index contributed by atoms with van der Waals surface area (Å²) in [5.41, 5.74) is 0. The summed E-state index contributed by atoms with van der Waals surface area (Å²) >= 11 is 0. The average molecular weight is 333 g/mol. The first-order chi connectivity index (χ1) is 10.4. The fourth-order valence-electron chi connectivity index (χ4n) is 2.72. The van der Waals surface area contributed by atoms with E-state index in [0.717, 1.165) is 19.5 Å². The van der Waals surface area contributed by atoms with Crippen LogP contribution in [0.25, 0.3) is 0 Å². The van der Waals surface area contributed by atoms with Crippen molar-refractivity contribution in [2.75, 3.05) is 26.2 Å². The molecule has 0 aliphatic carbocycles. The van der Waals surface area contributed by atoms with E-state index in [1.54, 1.807) is 4.90 Å². The number of likely N-dealkylation sites (tertiary alicyclic amines) is 1. The molecule has 1 heterocycles. The molecule has 1 unspecified atom stereocenters. The minimum absolute atomic E-state index is 0.0318. The van der Waals surface area contributed by atoms with Gasteiger partial charge in [0.15, 0.2) is 0 Å². The molecule has 0 bridgehead atoms. The van der Waals surface area contributed by atoms with E-state index in [1.807, 2.05) is 0 Å². The Hall–Kier alpha value is -0.660. The Bertz CT molecular complexity index is 426. The summed E-state index contributed by atoms with van der Waals surface area (Å²) in [4.78, 5) is 13.3. The molecule has 0 spiro atoms. The van der Waals surface area contributed by atoms with Gasteiger partial charge in [-0.15, -0.1) is 0 Å². The zero-order valence-corrected chi connectivity index (χ0v) is 14.5. The molecule has 0 saturated carbocycles. The summed E-state index contributed by atoms with van der Waals surface area (Å²) in [5, 5.41) is 7.75. The van der Waals surface area contributed by atoms with E-state index in [2.05, 4.69) is 12.2 Å². The molecular formula is C15H31N3O3S. The van der Waals surface area contributed by atoms with Crippen LogP contribution >= 0.6 is 0 Å². The van der Waals surface area contributed by atoms with Crippen LogP contribution in [0.5, 0.6) is 0 Å². The van der Waals surface area contributed by atoms with Crippen LogP contribution in [0.4, 0.5) is 0 Å². The SMILES string of the molecule is CCCCCCCCNCCCN1CC(S(N)(=O)=O)CC1=O. The zero-order chi connectivity index (χ0) is 16.4. The lowest BCUT2D eigenvalue weighted by molar-refractivity contribution is -0.127. The molecule has 1 saturated heterocycles. The van der Waals surface area contributed by atoms with Crippen molar-refractivity contribution in [1.82, 2.24) is 10.2 Å². The second kappa shape index (κ2) is 10.2. The Morgan fingerprint density at radius 1 is 1.14 bits per heavy atom. The van der Waals surface area contributed by atoms with Crippen LogP contribution in [0.3, 0.4) is 0 Å². The largest absolute Gasteiger partial charge is 0.341 e. The molecule has 1 fully saturated rings. The van der Waals surface area contributed by atoms with Gasteiger partial charge in [-0.2, -0.15) is 0 Å². The van der Waals surface area contributed by atoms with E-state index in [0.29, 0.717) is 6.54 Å². The van der Waals surface area contributed by atoms with E-state index >= 15 is 0 Å². The summed E-state index contributed by atoms with van der Waals surface area (Å²) in [6, 6.07) is 0. The van der Waals surface area contributed by atoms with Crippen molar-refractivity contribution < 1.29 is 13.2 Å². The highest BCUT2D eigenvalue weighted by atomic mass is 32.2. The predicted octanol–water partition coefficient (Wildman–Crippen LogP) is 1.22. The highest BCUT2D eigenvalue weighted by Crippen LogP contribution is 2.16. The van der Waals surface area contributed by atoms with Crippen LogP contribution in [0.15, 0.2) is 0 Å². The number of unbranched alkanes of at least 4 members (excludes halogenated alkanes) is 5.